The molecule has 4 N–H and O–H groups in total. The number of rotatable bonds is 5. The van der Waals surface area contributed by atoms with E-state index in [-0.39, 0.29) is 27.3 Å². The number of nitrogens with two attached hydrogens (primary N) is 1. The Morgan fingerprint density at radius 3 is 2.33 bits per heavy atom. The van der Waals surface area contributed by atoms with Crippen molar-refractivity contribution in [2.75, 3.05) is 4.72 Å². The maximum absolute atomic E-state index is 12.1. The molecule has 2 heterocycles. The van der Waals surface area contributed by atoms with Crippen LogP contribution in [0.1, 0.15) is 37.6 Å². The van der Waals surface area contributed by atoms with E-state index in [1.54, 1.807) is 6.92 Å². The van der Waals surface area contributed by atoms with E-state index < -0.39 is 15.9 Å². The van der Waals surface area contributed by atoms with Crippen LogP contribution in [-0.4, -0.2) is 24.6 Å². The Bertz CT molecular complexity index is 1150. The van der Waals surface area contributed by atoms with Gasteiger partial charge in [-0.3, -0.25) is 4.79 Å². The molecular weight excluding hydrogens is 450 g/mol. The van der Waals surface area contributed by atoms with Crippen LogP contribution in [0.2, 0.25) is 5.02 Å². The van der Waals surface area contributed by atoms with Gasteiger partial charge in [0.15, 0.2) is 0 Å². The number of aryl methyl sites for hydroxylation is 4. The van der Waals surface area contributed by atoms with Gasteiger partial charge >= 0.3 is 0 Å². The van der Waals surface area contributed by atoms with Gasteiger partial charge in [0.25, 0.3) is 21.8 Å². The molecule has 0 fully saturated rings. The van der Waals surface area contributed by atoms with Crippen LogP contribution in [0.5, 0.6) is 0 Å². The van der Waals surface area contributed by atoms with Gasteiger partial charge in [-0.15, -0.1) is 11.3 Å². The molecule has 0 bridgehead atoms. The molecule has 0 aliphatic heterocycles. The zero-order valence-electron chi connectivity index (χ0n) is 16.8. The van der Waals surface area contributed by atoms with Crippen molar-refractivity contribution in [3.63, 3.8) is 0 Å². The SMILES string of the molecule is Cc1cc(C)c(CO)c(C)c1.Cc1noc(NS(=O)(=O)c2ccsc2C(N)=O)c1Cl. The molecule has 0 unspecified atom stereocenters. The van der Waals surface area contributed by atoms with E-state index in [1.807, 2.05) is 13.8 Å². The maximum atomic E-state index is 12.1. The highest BCUT2D eigenvalue weighted by atomic mass is 35.5. The number of hydrogen-bond donors (Lipinski definition) is 3. The number of halogens is 1. The van der Waals surface area contributed by atoms with Crippen LogP contribution in [0.4, 0.5) is 5.88 Å². The molecule has 1 aromatic carbocycles. The van der Waals surface area contributed by atoms with Crippen LogP contribution in [0.25, 0.3) is 0 Å². The molecule has 30 heavy (non-hydrogen) atoms. The maximum Gasteiger partial charge on any atom is 0.265 e. The minimum atomic E-state index is -4.01. The third kappa shape index (κ3) is 5.39. The second kappa shape index (κ2) is 9.61. The molecular formula is C19H22ClN3O5S2. The summed E-state index contributed by atoms with van der Waals surface area (Å²) in [4.78, 5) is 10.8. The highest BCUT2D eigenvalue weighted by molar-refractivity contribution is 7.93. The summed E-state index contributed by atoms with van der Waals surface area (Å²) in [6, 6.07) is 5.46. The molecule has 0 saturated heterocycles. The largest absolute Gasteiger partial charge is 0.392 e. The van der Waals surface area contributed by atoms with Crippen molar-refractivity contribution in [3.05, 3.63) is 61.4 Å². The molecule has 0 saturated carbocycles. The summed E-state index contributed by atoms with van der Waals surface area (Å²) in [6.45, 7) is 7.85. The first-order valence-corrected chi connectivity index (χ1v) is 11.4. The van der Waals surface area contributed by atoms with Gasteiger partial charge < -0.3 is 15.4 Å². The topological polar surface area (TPSA) is 136 Å². The van der Waals surface area contributed by atoms with Crippen molar-refractivity contribution in [3.8, 4) is 0 Å². The number of nitrogens with one attached hydrogen (secondary N) is 1. The lowest BCUT2D eigenvalue weighted by atomic mass is 10.0. The number of nitrogens with zero attached hydrogens (tertiary/aromatic N) is 1. The molecule has 3 aromatic rings. The quantitative estimate of drug-likeness (QED) is 0.519. The number of carbonyl (C=O) groups excluding carboxylic acids is 1. The number of amides is 1. The summed E-state index contributed by atoms with van der Waals surface area (Å²) in [6.07, 6.45) is 0. The van der Waals surface area contributed by atoms with Crippen molar-refractivity contribution < 1.29 is 22.8 Å². The number of carbonyl (C=O) groups is 1. The van der Waals surface area contributed by atoms with E-state index in [0.29, 0.717) is 5.69 Å². The lowest BCUT2D eigenvalue weighted by molar-refractivity contribution is 0.100. The Morgan fingerprint density at radius 2 is 1.87 bits per heavy atom. The molecule has 3 rings (SSSR count). The number of benzene rings is 1. The normalized spacial score (nSPS) is 11.0. The summed E-state index contributed by atoms with van der Waals surface area (Å²) in [7, 11) is -4.01. The summed E-state index contributed by atoms with van der Waals surface area (Å²) in [5.74, 6) is -1.03. The average Bonchev–Trinajstić information content (AvgIpc) is 3.25. The predicted octanol–water partition coefficient (Wildman–Crippen LogP) is 3.70. The molecule has 0 radical (unpaired) electrons. The predicted molar refractivity (Wildman–Crippen MR) is 116 cm³/mol. The molecule has 162 valence electrons. The van der Waals surface area contributed by atoms with Crippen molar-refractivity contribution >= 4 is 44.8 Å². The molecule has 0 aliphatic carbocycles. The fraction of sp³-hybridized carbons (Fsp3) is 0.263. The highest BCUT2D eigenvalue weighted by Gasteiger charge is 2.25. The first-order chi connectivity index (χ1) is 14.0. The second-order valence-corrected chi connectivity index (χ2v) is 9.48. The molecule has 0 atom stereocenters. The van der Waals surface area contributed by atoms with Crippen LogP contribution < -0.4 is 10.5 Å². The minimum Gasteiger partial charge on any atom is -0.392 e. The van der Waals surface area contributed by atoms with Crippen molar-refractivity contribution in [2.24, 2.45) is 5.73 Å². The Kier molecular flexibility index (Phi) is 7.64. The van der Waals surface area contributed by atoms with Crippen LogP contribution in [-0.2, 0) is 16.6 Å². The van der Waals surface area contributed by atoms with Crippen molar-refractivity contribution in [1.29, 1.82) is 0 Å². The number of primary amides is 1. The van der Waals surface area contributed by atoms with Gasteiger partial charge in [-0.25, -0.2) is 13.1 Å². The monoisotopic (exact) mass is 471 g/mol. The van der Waals surface area contributed by atoms with Gasteiger partial charge in [-0.05, 0) is 55.8 Å². The molecule has 0 spiro atoms. The van der Waals surface area contributed by atoms with Gasteiger partial charge in [0.1, 0.15) is 20.5 Å². The first kappa shape index (κ1) is 23.9. The van der Waals surface area contributed by atoms with Gasteiger partial charge in [-0.1, -0.05) is 34.5 Å². The Morgan fingerprint density at radius 1 is 1.27 bits per heavy atom. The summed E-state index contributed by atoms with van der Waals surface area (Å²) in [5, 5.41) is 14.0. The summed E-state index contributed by atoms with van der Waals surface area (Å²) in [5.41, 5.74) is 10.1. The molecule has 0 aliphatic rings. The van der Waals surface area contributed by atoms with Crippen LogP contribution in [0, 0.1) is 27.7 Å². The zero-order valence-corrected chi connectivity index (χ0v) is 19.2. The molecule has 2 aromatic heterocycles. The number of sulfonamides is 1. The average molecular weight is 472 g/mol. The zero-order chi connectivity index (χ0) is 22.6. The lowest BCUT2D eigenvalue weighted by Crippen LogP contribution is -2.18. The number of aromatic nitrogens is 1. The lowest BCUT2D eigenvalue weighted by Gasteiger charge is -2.07. The van der Waals surface area contributed by atoms with Crippen LogP contribution >= 0.6 is 22.9 Å². The summed E-state index contributed by atoms with van der Waals surface area (Å²) >= 11 is 6.74. The van der Waals surface area contributed by atoms with E-state index in [2.05, 4.69) is 28.9 Å². The molecule has 11 heteroatoms. The van der Waals surface area contributed by atoms with E-state index in [4.69, 9.17) is 27.0 Å². The second-order valence-electron chi connectivity index (χ2n) is 6.53. The highest BCUT2D eigenvalue weighted by Crippen LogP contribution is 2.29. The number of anilines is 1. The Hall–Kier alpha value is -2.40. The fourth-order valence-electron chi connectivity index (χ4n) is 2.75. The Labute approximate surface area is 183 Å². The third-order valence-corrected chi connectivity index (χ3v) is 7.04. The number of aliphatic hydroxyl groups is 1. The van der Waals surface area contributed by atoms with Gasteiger partial charge in [-0.2, -0.15) is 0 Å². The van der Waals surface area contributed by atoms with E-state index >= 15 is 0 Å². The van der Waals surface area contributed by atoms with E-state index in [9.17, 15) is 13.2 Å². The van der Waals surface area contributed by atoms with Crippen LogP contribution in [0.15, 0.2) is 33.0 Å². The van der Waals surface area contributed by atoms with E-state index in [1.165, 1.54) is 28.1 Å². The first-order valence-electron chi connectivity index (χ1n) is 8.67. The fourth-order valence-corrected chi connectivity index (χ4v) is 5.20. The molecule has 1 amide bonds. The van der Waals surface area contributed by atoms with Gasteiger partial charge in [0.05, 0.1) is 6.61 Å². The Balaban J connectivity index is 0.000000248. The number of thiophene rings is 1. The van der Waals surface area contributed by atoms with Crippen molar-refractivity contribution in [1.82, 2.24) is 5.16 Å². The van der Waals surface area contributed by atoms with Gasteiger partial charge in [0, 0.05) is 0 Å². The molecule has 8 nitrogen and oxygen atoms in total. The standard InChI is InChI=1S/C10H14O.C9H8ClN3O4S2/c1-7-4-8(2)10(6-11)9(3)5-7;1-4-6(10)9(17-12-4)13-19(15,16)5-2-3-18-7(5)8(11)14/h4-5,11H,6H2,1-3H3;2-3,13H,1H3,(H2,11,14). The van der Waals surface area contributed by atoms with Gasteiger partial charge in [0.2, 0.25) is 0 Å². The number of aliphatic hydroxyl groups excluding tert-OH is 1. The van der Waals surface area contributed by atoms with Crippen molar-refractivity contribution in [2.45, 2.75) is 39.2 Å². The summed E-state index contributed by atoms with van der Waals surface area (Å²) < 4.78 is 31.0. The number of hydrogen-bond acceptors (Lipinski definition) is 7. The van der Waals surface area contributed by atoms with E-state index in [0.717, 1.165) is 16.9 Å². The third-order valence-electron chi connectivity index (χ3n) is 4.16. The minimum absolute atomic E-state index is 0.0550. The van der Waals surface area contributed by atoms with Crippen LogP contribution in [0.3, 0.4) is 0 Å². The smallest absolute Gasteiger partial charge is 0.265 e.